The van der Waals surface area contributed by atoms with Crippen LogP contribution in [0.1, 0.15) is 37.7 Å². The molecule has 3 aromatic rings. The minimum atomic E-state index is -1.39. The second kappa shape index (κ2) is 12.0. The van der Waals surface area contributed by atoms with Gasteiger partial charge in [-0.25, -0.2) is 19.0 Å². The summed E-state index contributed by atoms with van der Waals surface area (Å²) in [7, 11) is 3.27. The van der Waals surface area contributed by atoms with Crippen molar-refractivity contribution >= 4 is 28.8 Å². The number of methoxy groups -OCH3 is 1. The number of benzene rings is 2. The first-order valence-corrected chi connectivity index (χ1v) is 15.1. The van der Waals surface area contributed by atoms with E-state index in [9.17, 15) is 23.9 Å². The fourth-order valence-electron chi connectivity index (χ4n) is 6.28. The van der Waals surface area contributed by atoms with Crippen LogP contribution in [0.3, 0.4) is 0 Å². The number of halogens is 1. The number of fused-ring (bicyclic) bond motifs is 3. The monoisotopic (exact) mass is 617 g/mol. The van der Waals surface area contributed by atoms with E-state index >= 15 is 0 Å². The van der Waals surface area contributed by atoms with Crippen LogP contribution in [0.4, 0.5) is 9.18 Å². The standard InChI is InChI=1S/C33H36FN5O6/c1-19-26(44-3)14-13-24-27(19)35-28(20-9-11-22(34)12-10-20)36-30(24)45-23-16-25-29(40)37-33(31(41)42)17-21(33)8-6-4-5-7-15-38(2)32(43)39(25)18-23/h6,8-14,21,23,25H,4-5,7,15-18H2,1-3H3,(H,37,40)(H,41,42)/b8-6-/t21?,23-,25+,33?/m1/s1. The van der Waals surface area contributed by atoms with E-state index in [1.54, 1.807) is 43.3 Å². The van der Waals surface area contributed by atoms with Gasteiger partial charge in [-0.1, -0.05) is 12.2 Å². The maximum atomic E-state index is 13.7. The number of aliphatic carboxylic acids is 1. The van der Waals surface area contributed by atoms with Crippen LogP contribution >= 0.6 is 0 Å². The smallest absolute Gasteiger partial charge is 0.330 e. The average Bonchev–Trinajstić information content (AvgIpc) is 3.56. The van der Waals surface area contributed by atoms with Crippen molar-refractivity contribution in [3.63, 3.8) is 0 Å². The molecule has 2 N–H and O–H groups in total. The zero-order chi connectivity index (χ0) is 31.9. The molecule has 1 aromatic heterocycles. The Morgan fingerprint density at radius 2 is 1.91 bits per heavy atom. The lowest BCUT2D eigenvalue weighted by molar-refractivity contribution is -0.144. The summed E-state index contributed by atoms with van der Waals surface area (Å²) in [6.07, 6.45) is 6.03. The highest BCUT2D eigenvalue weighted by Gasteiger charge is 2.61. The fourth-order valence-corrected chi connectivity index (χ4v) is 6.28. The molecule has 12 heteroatoms. The third kappa shape index (κ3) is 5.76. The molecule has 45 heavy (non-hydrogen) atoms. The summed E-state index contributed by atoms with van der Waals surface area (Å²) in [5.74, 6) is -1.13. The van der Waals surface area contributed by atoms with Gasteiger partial charge in [0, 0.05) is 37.1 Å². The largest absolute Gasteiger partial charge is 0.496 e. The number of amides is 3. The van der Waals surface area contributed by atoms with Gasteiger partial charge in [0.25, 0.3) is 0 Å². The molecule has 3 aliphatic rings. The lowest BCUT2D eigenvalue weighted by Gasteiger charge is -2.29. The van der Waals surface area contributed by atoms with Crippen molar-refractivity contribution in [2.45, 2.75) is 56.7 Å². The summed E-state index contributed by atoms with van der Waals surface area (Å²) in [5.41, 5.74) is 0.537. The number of carbonyl (C=O) groups is 3. The Balaban J connectivity index is 1.35. The van der Waals surface area contributed by atoms with Crippen LogP contribution in [0.25, 0.3) is 22.3 Å². The molecule has 0 spiro atoms. The van der Waals surface area contributed by atoms with Crippen molar-refractivity contribution in [1.29, 1.82) is 0 Å². The molecule has 236 valence electrons. The van der Waals surface area contributed by atoms with Gasteiger partial charge in [0.2, 0.25) is 11.8 Å². The molecule has 1 aliphatic carbocycles. The molecule has 3 amide bonds. The number of urea groups is 1. The number of hydrogen-bond donors (Lipinski definition) is 2. The highest BCUT2D eigenvalue weighted by molar-refractivity contribution is 5.95. The Bertz CT molecular complexity index is 1680. The quantitative estimate of drug-likeness (QED) is 0.405. The number of allylic oxidation sites excluding steroid dienone is 1. The van der Waals surface area contributed by atoms with Gasteiger partial charge in [-0.05, 0) is 69.0 Å². The first-order chi connectivity index (χ1) is 21.6. The molecule has 0 bridgehead atoms. The number of aryl methyl sites for hydroxylation is 1. The molecular formula is C33H36FN5O6. The second-order valence-corrected chi connectivity index (χ2v) is 12.0. The molecule has 2 aliphatic heterocycles. The molecule has 1 saturated carbocycles. The summed E-state index contributed by atoms with van der Waals surface area (Å²) >= 11 is 0. The molecule has 6 rings (SSSR count). The Labute approximate surface area is 260 Å². The van der Waals surface area contributed by atoms with E-state index in [4.69, 9.17) is 19.4 Å². The molecule has 2 fully saturated rings. The third-order valence-electron chi connectivity index (χ3n) is 9.00. The number of carboxylic acids is 1. The van der Waals surface area contributed by atoms with Crippen molar-refractivity contribution in [3.05, 3.63) is 59.9 Å². The summed E-state index contributed by atoms with van der Waals surface area (Å²) in [6.45, 7) is 2.48. The number of rotatable bonds is 5. The van der Waals surface area contributed by atoms with Crippen LogP contribution in [-0.4, -0.2) is 87.7 Å². The van der Waals surface area contributed by atoms with E-state index in [-0.39, 0.29) is 30.8 Å². The Morgan fingerprint density at radius 3 is 2.64 bits per heavy atom. The minimum absolute atomic E-state index is 0.0944. The van der Waals surface area contributed by atoms with Crippen molar-refractivity contribution in [1.82, 2.24) is 25.1 Å². The Kier molecular flexibility index (Phi) is 8.07. The number of carbonyl (C=O) groups excluding carboxylic acids is 2. The fraction of sp³-hybridized carbons (Fsp3) is 0.424. The lowest BCUT2D eigenvalue weighted by atomic mass is 10.1. The zero-order valence-corrected chi connectivity index (χ0v) is 25.5. The van der Waals surface area contributed by atoms with Gasteiger partial charge in [0.05, 0.1) is 24.6 Å². The Hall–Kier alpha value is -4.74. The van der Waals surface area contributed by atoms with Crippen LogP contribution in [-0.2, 0) is 9.59 Å². The topological polar surface area (TPSA) is 134 Å². The molecular weight excluding hydrogens is 581 g/mol. The Morgan fingerprint density at radius 1 is 1.13 bits per heavy atom. The predicted molar refractivity (Wildman–Crippen MR) is 163 cm³/mol. The molecule has 11 nitrogen and oxygen atoms in total. The predicted octanol–water partition coefficient (Wildman–Crippen LogP) is 4.33. The van der Waals surface area contributed by atoms with Crippen LogP contribution < -0.4 is 14.8 Å². The van der Waals surface area contributed by atoms with Gasteiger partial charge in [0.1, 0.15) is 29.3 Å². The minimum Gasteiger partial charge on any atom is -0.496 e. The third-order valence-corrected chi connectivity index (χ3v) is 9.00. The number of aromatic nitrogens is 2. The lowest BCUT2D eigenvalue weighted by Crippen LogP contribution is -2.54. The molecule has 4 atom stereocenters. The van der Waals surface area contributed by atoms with Crippen molar-refractivity contribution in [2.24, 2.45) is 5.92 Å². The maximum Gasteiger partial charge on any atom is 0.330 e. The van der Waals surface area contributed by atoms with E-state index in [1.165, 1.54) is 17.0 Å². The molecule has 2 unspecified atom stereocenters. The number of carboxylic acid groups (broad SMARTS) is 1. The van der Waals surface area contributed by atoms with E-state index in [0.29, 0.717) is 41.0 Å². The van der Waals surface area contributed by atoms with E-state index in [1.807, 2.05) is 19.1 Å². The van der Waals surface area contributed by atoms with Crippen LogP contribution in [0.5, 0.6) is 11.6 Å². The zero-order valence-electron chi connectivity index (χ0n) is 25.5. The number of ether oxygens (including phenoxy) is 2. The number of nitrogens with one attached hydrogen (secondary N) is 1. The molecule has 3 heterocycles. The van der Waals surface area contributed by atoms with Crippen LogP contribution in [0, 0.1) is 18.7 Å². The van der Waals surface area contributed by atoms with Crippen LogP contribution in [0.15, 0.2) is 48.6 Å². The summed E-state index contributed by atoms with van der Waals surface area (Å²) in [4.78, 5) is 52.2. The first-order valence-electron chi connectivity index (χ1n) is 15.1. The van der Waals surface area contributed by atoms with E-state index in [2.05, 4.69) is 5.32 Å². The van der Waals surface area contributed by atoms with Gasteiger partial charge in [0.15, 0.2) is 5.82 Å². The SMILES string of the molecule is COc1ccc2c(O[C@@H]3C[C@H]4C(=O)NC5(C(=O)O)CC5/C=C\CCCCN(C)C(=O)N4C3)nc(-c3ccc(F)cc3)nc2c1C. The highest BCUT2D eigenvalue weighted by Crippen LogP contribution is 2.45. The van der Waals surface area contributed by atoms with Gasteiger partial charge < -0.3 is 29.7 Å². The average molecular weight is 618 g/mol. The summed E-state index contributed by atoms with van der Waals surface area (Å²) in [5, 5.41) is 13.4. The first kappa shape index (κ1) is 30.3. The van der Waals surface area contributed by atoms with Crippen LogP contribution in [0.2, 0.25) is 0 Å². The van der Waals surface area contributed by atoms with E-state index < -0.39 is 35.4 Å². The summed E-state index contributed by atoms with van der Waals surface area (Å²) < 4.78 is 25.7. The van der Waals surface area contributed by atoms with Crippen molar-refractivity contribution < 1.29 is 33.4 Å². The number of nitrogens with zero attached hydrogens (tertiary/aromatic N) is 4. The highest BCUT2D eigenvalue weighted by atomic mass is 19.1. The van der Waals surface area contributed by atoms with Crippen molar-refractivity contribution in [2.75, 3.05) is 27.2 Å². The molecule has 0 radical (unpaired) electrons. The van der Waals surface area contributed by atoms with Gasteiger partial charge in [-0.3, -0.25) is 4.79 Å². The van der Waals surface area contributed by atoms with Gasteiger partial charge in [-0.15, -0.1) is 0 Å². The van der Waals surface area contributed by atoms with Crippen molar-refractivity contribution in [3.8, 4) is 23.0 Å². The van der Waals surface area contributed by atoms with Gasteiger partial charge in [-0.2, -0.15) is 4.98 Å². The molecule has 1 saturated heterocycles. The van der Waals surface area contributed by atoms with Gasteiger partial charge >= 0.3 is 12.0 Å². The normalized spacial score (nSPS) is 26.0. The van der Waals surface area contributed by atoms with E-state index in [0.717, 1.165) is 24.8 Å². The number of hydrogen-bond acceptors (Lipinski definition) is 7. The summed E-state index contributed by atoms with van der Waals surface area (Å²) in [6, 6.07) is 8.13. The maximum absolute atomic E-state index is 13.7. The second-order valence-electron chi connectivity index (χ2n) is 12.0. The molecule has 2 aromatic carbocycles.